The Morgan fingerprint density at radius 3 is 2.52 bits per heavy atom. The van der Waals surface area contributed by atoms with Gasteiger partial charge >= 0.3 is 5.69 Å². The number of rotatable bonds is 4. The molecular formula is C21H34N4O3S. The van der Waals surface area contributed by atoms with Gasteiger partial charge in [0, 0.05) is 31.2 Å². The van der Waals surface area contributed by atoms with Gasteiger partial charge in [-0.05, 0) is 42.2 Å². The van der Waals surface area contributed by atoms with Crippen LogP contribution < -0.4 is 10.4 Å². The quantitative estimate of drug-likeness (QED) is 0.821. The molecule has 1 N–H and O–H groups in total. The highest BCUT2D eigenvalue weighted by Gasteiger charge is 2.39. The minimum atomic E-state index is -3.28. The van der Waals surface area contributed by atoms with E-state index < -0.39 is 10.0 Å². The zero-order valence-electron chi connectivity index (χ0n) is 18.6. The van der Waals surface area contributed by atoms with Crippen molar-refractivity contribution < 1.29 is 8.42 Å². The van der Waals surface area contributed by atoms with Crippen LogP contribution in [0.4, 0.5) is 0 Å². The largest absolute Gasteiger partial charge is 0.330 e. The molecule has 0 bridgehead atoms. The van der Waals surface area contributed by atoms with E-state index in [1.807, 2.05) is 12.1 Å². The fourth-order valence-electron chi connectivity index (χ4n) is 4.32. The summed E-state index contributed by atoms with van der Waals surface area (Å²) in [5, 5.41) is 0. The Morgan fingerprint density at radius 1 is 1.28 bits per heavy atom. The Morgan fingerprint density at radius 2 is 1.93 bits per heavy atom. The molecule has 0 spiro atoms. The standard InChI is InChI=1S/C21H34N4O3S/c1-20(2,3)13-25-16-9-8-15(22-18(16)24(6)19(25)26)14-10-11-21(4,5)17(12-14)23-29(7,27)28/h8-9,14,17,23H,10-13H2,1-7H3. The van der Waals surface area contributed by atoms with E-state index in [1.165, 1.54) is 6.26 Å². The van der Waals surface area contributed by atoms with E-state index in [0.717, 1.165) is 24.1 Å². The molecule has 2 aromatic rings. The first-order valence-corrected chi connectivity index (χ1v) is 12.1. The predicted molar refractivity (Wildman–Crippen MR) is 117 cm³/mol. The minimum Gasteiger partial charge on any atom is -0.290 e. The number of fused-ring (bicyclic) bond motifs is 1. The molecule has 0 amide bonds. The van der Waals surface area contributed by atoms with Gasteiger partial charge in [-0.1, -0.05) is 34.6 Å². The number of hydrogen-bond donors (Lipinski definition) is 1. The van der Waals surface area contributed by atoms with Gasteiger partial charge in [0.25, 0.3) is 0 Å². The summed E-state index contributed by atoms with van der Waals surface area (Å²) in [6.45, 7) is 11.2. The molecule has 1 aliphatic rings. The van der Waals surface area contributed by atoms with Crippen molar-refractivity contribution in [1.29, 1.82) is 0 Å². The Kier molecular flexibility index (Phi) is 5.49. The van der Waals surface area contributed by atoms with E-state index in [9.17, 15) is 13.2 Å². The average molecular weight is 423 g/mol. The fraction of sp³-hybridized carbons (Fsp3) is 0.714. The van der Waals surface area contributed by atoms with Gasteiger partial charge in [0.2, 0.25) is 10.0 Å². The maximum Gasteiger partial charge on any atom is 0.330 e. The molecule has 29 heavy (non-hydrogen) atoms. The Labute approximate surface area is 173 Å². The van der Waals surface area contributed by atoms with E-state index >= 15 is 0 Å². The number of nitrogens with one attached hydrogen (secondary N) is 1. The molecule has 3 rings (SSSR count). The first kappa shape index (κ1) is 22.0. The number of hydrogen-bond acceptors (Lipinski definition) is 4. The van der Waals surface area contributed by atoms with E-state index in [2.05, 4.69) is 39.3 Å². The average Bonchev–Trinajstić information content (AvgIpc) is 2.79. The van der Waals surface area contributed by atoms with Crippen molar-refractivity contribution in [3.05, 3.63) is 28.3 Å². The summed E-state index contributed by atoms with van der Waals surface area (Å²) in [5.74, 6) is 0.160. The predicted octanol–water partition coefficient (Wildman–Crippen LogP) is 2.99. The van der Waals surface area contributed by atoms with Crippen LogP contribution in [0, 0.1) is 10.8 Å². The molecule has 8 heteroatoms. The van der Waals surface area contributed by atoms with Crippen molar-refractivity contribution in [2.24, 2.45) is 17.9 Å². The van der Waals surface area contributed by atoms with Crippen LogP contribution in [0.3, 0.4) is 0 Å². The van der Waals surface area contributed by atoms with Crippen molar-refractivity contribution in [3.63, 3.8) is 0 Å². The topological polar surface area (TPSA) is 86.0 Å². The summed E-state index contributed by atoms with van der Waals surface area (Å²) >= 11 is 0. The number of aryl methyl sites for hydroxylation is 1. The van der Waals surface area contributed by atoms with E-state index in [4.69, 9.17) is 4.98 Å². The van der Waals surface area contributed by atoms with E-state index in [1.54, 1.807) is 16.2 Å². The smallest absolute Gasteiger partial charge is 0.290 e. The summed E-state index contributed by atoms with van der Waals surface area (Å²) < 4.78 is 29.9. The molecular weight excluding hydrogens is 388 g/mol. The Hall–Kier alpha value is -1.67. The maximum atomic E-state index is 12.8. The molecule has 2 aromatic heterocycles. The van der Waals surface area contributed by atoms with Gasteiger partial charge in [-0.15, -0.1) is 0 Å². The van der Waals surface area contributed by atoms with Crippen LogP contribution in [-0.4, -0.2) is 34.8 Å². The lowest BCUT2D eigenvalue weighted by Crippen LogP contribution is -2.48. The van der Waals surface area contributed by atoms with Crippen LogP contribution in [0.2, 0.25) is 0 Å². The molecule has 2 heterocycles. The van der Waals surface area contributed by atoms with Crippen molar-refractivity contribution >= 4 is 21.2 Å². The lowest BCUT2D eigenvalue weighted by Gasteiger charge is -2.42. The summed E-state index contributed by atoms with van der Waals surface area (Å²) in [7, 11) is -1.52. The molecule has 0 radical (unpaired) electrons. The fourth-order valence-corrected chi connectivity index (χ4v) is 5.25. The van der Waals surface area contributed by atoms with Gasteiger partial charge in [0.15, 0.2) is 5.65 Å². The zero-order valence-corrected chi connectivity index (χ0v) is 19.4. The zero-order chi connectivity index (χ0) is 21.8. The second-order valence-electron chi connectivity index (χ2n) is 10.5. The molecule has 7 nitrogen and oxygen atoms in total. The highest BCUT2D eigenvalue weighted by atomic mass is 32.2. The number of aromatic nitrogens is 3. The highest BCUT2D eigenvalue weighted by molar-refractivity contribution is 7.88. The van der Waals surface area contributed by atoms with Crippen molar-refractivity contribution in [3.8, 4) is 0 Å². The van der Waals surface area contributed by atoms with Crippen LogP contribution in [0.15, 0.2) is 16.9 Å². The molecule has 0 aromatic carbocycles. The Bertz CT molecular complexity index is 1070. The van der Waals surface area contributed by atoms with Crippen LogP contribution in [-0.2, 0) is 23.6 Å². The molecule has 2 unspecified atom stereocenters. The van der Waals surface area contributed by atoms with Gasteiger partial charge in [-0.3, -0.25) is 9.13 Å². The molecule has 1 saturated carbocycles. The molecule has 0 aliphatic heterocycles. The summed E-state index contributed by atoms with van der Waals surface area (Å²) in [6.07, 6.45) is 3.78. The van der Waals surface area contributed by atoms with Gasteiger partial charge in [0.1, 0.15) is 0 Å². The SMILES string of the molecule is Cn1c(=O)n(CC(C)(C)C)c2ccc(C3CCC(C)(C)C(NS(C)(=O)=O)C3)nc21. The van der Waals surface area contributed by atoms with Crippen molar-refractivity contribution in [2.75, 3.05) is 6.26 Å². The normalized spacial score (nSPS) is 22.9. The number of nitrogens with zero attached hydrogens (tertiary/aromatic N) is 3. The third-order valence-corrected chi connectivity index (χ3v) is 6.72. The first-order valence-electron chi connectivity index (χ1n) is 10.2. The minimum absolute atomic E-state index is 0.0176. The number of pyridine rings is 1. The molecule has 162 valence electrons. The van der Waals surface area contributed by atoms with Crippen LogP contribution in [0.25, 0.3) is 11.2 Å². The van der Waals surface area contributed by atoms with E-state index in [-0.39, 0.29) is 28.5 Å². The second-order valence-corrected chi connectivity index (χ2v) is 12.2. The summed E-state index contributed by atoms with van der Waals surface area (Å²) in [4.78, 5) is 17.6. The van der Waals surface area contributed by atoms with Gasteiger partial charge in [-0.2, -0.15) is 0 Å². The maximum absolute atomic E-state index is 12.8. The third-order valence-electron chi connectivity index (χ3n) is 6.01. The van der Waals surface area contributed by atoms with E-state index in [0.29, 0.717) is 18.6 Å². The lowest BCUT2D eigenvalue weighted by molar-refractivity contribution is 0.170. The number of sulfonamides is 1. The summed E-state index contributed by atoms with van der Waals surface area (Å²) in [5.41, 5.74) is 2.29. The molecule has 1 aliphatic carbocycles. The third kappa shape index (κ3) is 4.74. The first-order chi connectivity index (χ1) is 13.2. The van der Waals surface area contributed by atoms with Crippen LogP contribution in [0.1, 0.15) is 65.5 Å². The Balaban J connectivity index is 1.97. The number of imidazole rings is 1. The highest BCUT2D eigenvalue weighted by Crippen LogP contribution is 2.42. The van der Waals surface area contributed by atoms with Gasteiger partial charge < -0.3 is 0 Å². The van der Waals surface area contributed by atoms with Crippen molar-refractivity contribution in [1.82, 2.24) is 18.8 Å². The van der Waals surface area contributed by atoms with Crippen LogP contribution >= 0.6 is 0 Å². The van der Waals surface area contributed by atoms with Crippen molar-refractivity contribution in [2.45, 2.75) is 72.4 Å². The van der Waals surface area contributed by atoms with Gasteiger partial charge in [0.05, 0.1) is 11.8 Å². The van der Waals surface area contributed by atoms with Gasteiger partial charge in [-0.25, -0.2) is 22.9 Å². The molecule has 2 atom stereocenters. The molecule has 0 saturated heterocycles. The lowest BCUT2D eigenvalue weighted by atomic mass is 9.69. The monoisotopic (exact) mass is 422 g/mol. The summed E-state index contributed by atoms with van der Waals surface area (Å²) in [6, 6.07) is 3.85. The second kappa shape index (κ2) is 7.23. The van der Waals surface area contributed by atoms with Crippen LogP contribution in [0.5, 0.6) is 0 Å². The molecule has 1 fully saturated rings.